The number of aliphatic carboxylic acids is 1. The predicted molar refractivity (Wildman–Crippen MR) is 97.1 cm³/mol. The minimum absolute atomic E-state index is 0. The third kappa shape index (κ3) is 34.4. The summed E-state index contributed by atoms with van der Waals surface area (Å²) in [7, 11) is 0. The van der Waals surface area contributed by atoms with Crippen molar-refractivity contribution in [3.8, 4) is 0 Å². The molecule has 24 heavy (non-hydrogen) atoms. The van der Waals surface area contributed by atoms with Gasteiger partial charge in [0.25, 0.3) is 0 Å². The fraction of sp³-hybridized carbons (Fsp3) is 0.944. The molecule has 6 heteroatoms. The number of rotatable bonds is 16. The van der Waals surface area contributed by atoms with E-state index in [1.165, 1.54) is 83.5 Å². The minimum atomic E-state index is -2.00. The van der Waals surface area contributed by atoms with E-state index in [9.17, 15) is 4.79 Å². The summed E-state index contributed by atoms with van der Waals surface area (Å²) in [6.07, 6.45) is 20.2. The topological polar surface area (TPSA) is 71.4 Å². The van der Waals surface area contributed by atoms with Crippen LogP contribution in [0.1, 0.15) is 110 Å². The summed E-state index contributed by atoms with van der Waals surface area (Å²) < 4.78 is 17.0. The van der Waals surface area contributed by atoms with Gasteiger partial charge >= 0.3 is 69.4 Å². The van der Waals surface area contributed by atoms with Crippen molar-refractivity contribution in [3.63, 3.8) is 0 Å². The fourth-order valence-corrected chi connectivity index (χ4v) is 2.65. The normalized spacial score (nSPS) is 9.38. The second-order valence-corrected chi connectivity index (χ2v) is 6.44. The van der Waals surface area contributed by atoms with Crippen LogP contribution in [0.3, 0.4) is 0 Å². The van der Waals surface area contributed by atoms with E-state index in [4.69, 9.17) is 11.8 Å². The van der Waals surface area contributed by atoms with Gasteiger partial charge in [0.1, 0.15) is 0 Å². The van der Waals surface area contributed by atoms with Gasteiger partial charge in [0, 0.05) is 6.42 Å². The molecule has 0 heterocycles. The van der Waals surface area contributed by atoms with Gasteiger partial charge in [-0.3, -0.25) is 4.79 Å². The molecule has 0 aromatic rings. The van der Waals surface area contributed by atoms with Crippen LogP contribution in [0.4, 0.5) is 0 Å². The van der Waals surface area contributed by atoms with E-state index in [0.29, 0.717) is 6.42 Å². The maximum atomic E-state index is 10.3. The third-order valence-electron chi connectivity index (χ3n) is 3.99. The molecule has 1 N–H and O–H groups in total. The Bertz CT molecular complexity index is 282. The zero-order valence-electron chi connectivity index (χ0n) is 15.0. The van der Waals surface area contributed by atoms with Crippen molar-refractivity contribution < 1.29 is 35.6 Å². The van der Waals surface area contributed by atoms with E-state index in [2.05, 4.69) is 6.92 Å². The Morgan fingerprint density at radius 1 is 0.667 bits per heavy atom. The first kappa shape index (κ1) is 29.8. The molecule has 140 valence electrons. The molecule has 0 aliphatic rings. The molecule has 0 radical (unpaired) electrons. The molecule has 4 nitrogen and oxygen atoms in total. The van der Waals surface area contributed by atoms with E-state index in [1.54, 1.807) is 0 Å². The van der Waals surface area contributed by atoms with Crippen molar-refractivity contribution in [2.45, 2.75) is 110 Å². The summed E-state index contributed by atoms with van der Waals surface area (Å²) in [6.45, 7) is 2.27. The van der Waals surface area contributed by atoms with Crippen LogP contribution in [-0.4, -0.2) is 48.8 Å². The Morgan fingerprint density at radius 2 is 0.917 bits per heavy atom. The van der Waals surface area contributed by atoms with E-state index in [1.807, 2.05) is 0 Å². The molecular weight excluding hydrogens is 368 g/mol. The van der Waals surface area contributed by atoms with Crippen LogP contribution in [0.5, 0.6) is 0 Å². The first-order valence-electron chi connectivity index (χ1n) is 9.40. The summed E-state index contributed by atoms with van der Waals surface area (Å²) in [5, 5.41) is 8.52. The SMILES string of the molecule is CCCCCCCCCCCCCCCCCC(=O)O.[CaH2].[O]=[Ti]=[O]. The summed E-state index contributed by atoms with van der Waals surface area (Å²) in [6, 6.07) is 0. The van der Waals surface area contributed by atoms with Gasteiger partial charge in [0.15, 0.2) is 0 Å². The second kappa shape index (κ2) is 28.8. The Balaban J connectivity index is -0.00000102. The zero-order chi connectivity index (χ0) is 17.6. The van der Waals surface area contributed by atoms with Crippen molar-refractivity contribution in [1.82, 2.24) is 0 Å². The van der Waals surface area contributed by atoms with Gasteiger partial charge in [0.05, 0.1) is 0 Å². The van der Waals surface area contributed by atoms with Crippen LogP contribution in [0.2, 0.25) is 0 Å². The molecule has 0 saturated heterocycles. The predicted octanol–water partition coefficient (Wildman–Crippen LogP) is 5.18. The number of carbonyl (C=O) groups is 1. The van der Waals surface area contributed by atoms with Crippen LogP contribution in [0.15, 0.2) is 0 Å². The molecule has 0 saturated carbocycles. The number of carboxylic acid groups (broad SMARTS) is 1. The molecule has 0 aromatic heterocycles. The molecule has 0 atom stereocenters. The average molecular weight is 406 g/mol. The van der Waals surface area contributed by atoms with E-state index in [-0.39, 0.29) is 37.7 Å². The molecule has 0 spiro atoms. The Kier molecular flexibility index (Phi) is 35.8. The van der Waals surface area contributed by atoms with Gasteiger partial charge in [-0.1, -0.05) is 96.8 Å². The van der Waals surface area contributed by atoms with E-state index < -0.39 is 25.1 Å². The van der Waals surface area contributed by atoms with E-state index >= 15 is 0 Å². The number of hydrogen-bond acceptors (Lipinski definition) is 3. The average Bonchev–Trinajstić information content (AvgIpc) is 2.51. The summed E-state index contributed by atoms with van der Waals surface area (Å²) in [4.78, 5) is 10.3. The molecule has 0 unspecified atom stereocenters. The molecular formula is C18H38CaO4Ti. The molecule has 0 aliphatic carbocycles. The molecule has 0 rings (SSSR count). The van der Waals surface area contributed by atoms with Crippen LogP contribution in [0, 0.1) is 0 Å². The van der Waals surface area contributed by atoms with Crippen molar-refractivity contribution in [1.29, 1.82) is 0 Å². The molecule has 0 amide bonds. The van der Waals surface area contributed by atoms with Gasteiger partial charge in [-0.15, -0.1) is 0 Å². The molecule has 0 aliphatic heterocycles. The third-order valence-corrected chi connectivity index (χ3v) is 3.99. The van der Waals surface area contributed by atoms with Crippen LogP contribution in [0.25, 0.3) is 0 Å². The summed E-state index contributed by atoms with van der Waals surface area (Å²) in [5.74, 6) is -0.653. The summed E-state index contributed by atoms with van der Waals surface area (Å²) in [5.41, 5.74) is 0. The van der Waals surface area contributed by atoms with Crippen LogP contribution in [-0.2, 0) is 30.5 Å². The van der Waals surface area contributed by atoms with Crippen molar-refractivity contribution in [3.05, 3.63) is 0 Å². The number of unbranched alkanes of at least 4 members (excludes halogenated alkanes) is 14. The van der Waals surface area contributed by atoms with Gasteiger partial charge in [-0.2, -0.15) is 0 Å². The molecule has 0 aromatic carbocycles. The number of hydrogen-bond donors (Lipinski definition) is 1. The van der Waals surface area contributed by atoms with Crippen LogP contribution >= 0.6 is 0 Å². The first-order valence-corrected chi connectivity index (χ1v) is 10.7. The fourth-order valence-electron chi connectivity index (χ4n) is 2.65. The van der Waals surface area contributed by atoms with Gasteiger partial charge < -0.3 is 5.11 Å². The first-order chi connectivity index (χ1) is 11.2. The quantitative estimate of drug-likeness (QED) is 0.283. The van der Waals surface area contributed by atoms with Crippen molar-refractivity contribution >= 4 is 43.7 Å². The molecule has 0 fully saturated rings. The van der Waals surface area contributed by atoms with Gasteiger partial charge in [-0.05, 0) is 6.42 Å². The second-order valence-electron chi connectivity index (χ2n) is 6.18. The van der Waals surface area contributed by atoms with Gasteiger partial charge in [0.2, 0.25) is 0 Å². The Morgan fingerprint density at radius 3 is 1.17 bits per heavy atom. The Labute approximate surface area is 187 Å². The van der Waals surface area contributed by atoms with Gasteiger partial charge in [-0.25, -0.2) is 0 Å². The molecule has 0 bridgehead atoms. The zero-order valence-corrected chi connectivity index (χ0v) is 16.5. The number of carboxylic acids is 1. The standard InChI is InChI=1S/C18H36O2.Ca.2O.Ti.2H/c1-2-3-4-5-6-7-8-9-10-11-12-13-14-15-16-17-18(19)20;;;;;;/h2-17H2,1H3,(H,19,20);;;;;;. The van der Waals surface area contributed by atoms with Crippen molar-refractivity contribution in [2.75, 3.05) is 0 Å². The van der Waals surface area contributed by atoms with Crippen molar-refractivity contribution in [2.24, 2.45) is 0 Å². The maximum absolute atomic E-state index is 10.3. The van der Waals surface area contributed by atoms with Crippen LogP contribution < -0.4 is 0 Å². The summed E-state index contributed by atoms with van der Waals surface area (Å²) >= 11 is -2.00. The monoisotopic (exact) mass is 406 g/mol. The van der Waals surface area contributed by atoms with E-state index in [0.717, 1.165) is 12.8 Å². The Hall–Kier alpha value is 1.04.